The predicted molar refractivity (Wildman–Crippen MR) is 340 cm³/mol. The topological polar surface area (TPSA) is 78.9 Å². The van der Waals surface area contributed by atoms with Gasteiger partial charge in [0.2, 0.25) is 0 Å². The standard InChI is InChI=1S/C72H136O6/c1-4-7-10-13-16-19-22-25-27-29-30-31-32-33-34-35-36-37-38-39-40-41-43-44-47-50-53-56-59-62-65-71(74)77-68-69(67-76-70(73)64-61-58-55-52-49-46-24-21-18-15-12-9-6-3)78-72(75)66-63-60-57-54-51-48-45-42-28-26-23-20-17-14-11-8-5-2/h12,15,21,24,69H,4-11,13-14,16-20,22-23,25-68H2,1-3H3/b15-12-,24-21-. The molecule has 0 radical (unpaired) electrons. The van der Waals surface area contributed by atoms with Gasteiger partial charge in [0.05, 0.1) is 0 Å². The van der Waals surface area contributed by atoms with E-state index < -0.39 is 6.10 Å². The van der Waals surface area contributed by atoms with Crippen LogP contribution >= 0.6 is 0 Å². The van der Waals surface area contributed by atoms with Gasteiger partial charge < -0.3 is 14.2 Å². The lowest BCUT2D eigenvalue weighted by Gasteiger charge is -2.18. The Labute approximate surface area is 487 Å². The van der Waals surface area contributed by atoms with Crippen molar-refractivity contribution < 1.29 is 28.6 Å². The minimum Gasteiger partial charge on any atom is -0.462 e. The lowest BCUT2D eigenvalue weighted by molar-refractivity contribution is -0.167. The summed E-state index contributed by atoms with van der Waals surface area (Å²) in [4.78, 5) is 38.3. The Kier molecular flexibility index (Phi) is 65.6. The second kappa shape index (κ2) is 67.4. The number of ether oxygens (including phenoxy) is 3. The summed E-state index contributed by atoms with van der Waals surface area (Å²) < 4.78 is 17.0. The molecule has 0 fully saturated rings. The molecule has 0 saturated heterocycles. The zero-order valence-corrected chi connectivity index (χ0v) is 53.0. The number of unbranched alkanes of at least 4 members (excludes halogenated alkanes) is 51. The van der Waals surface area contributed by atoms with E-state index in [0.29, 0.717) is 19.3 Å². The number of carbonyl (C=O) groups is 3. The van der Waals surface area contributed by atoms with Crippen molar-refractivity contribution >= 4 is 17.9 Å². The van der Waals surface area contributed by atoms with Crippen LogP contribution in [0.1, 0.15) is 400 Å². The van der Waals surface area contributed by atoms with Crippen LogP contribution in [0, 0.1) is 0 Å². The van der Waals surface area contributed by atoms with E-state index in [9.17, 15) is 14.4 Å². The van der Waals surface area contributed by atoms with Gasteiger partial charge in [0.25, 0.3) is 0 Å². The molecule has 0 aliphatic rings. The van der Waals surface area contributed by atoms with Gasteiger partial charge in [-0.3, -0.25) is 14.4 Å². The van der Waals surface area contributed by atoms with E-state index in [1.807, 2.05) is 0 Å². The van der Waals surface area contributed by atoms with Crippen LogP contribution in [-0.2, 0) is 28.6 Å². The van der Waals surface area contributed by atoms with Gasteiger partial charge in [-0.2, -0.15) is 0 Å². The van der Waals surface area contributed by atoms with Gasteiger partial charge in [0.15, 0.2) is 6.10 Å². The third kappa shape index (κ3) is 64.7. The molecule has 0 aliphatic heterocycles. The molecule has 0 aliphatic carbocycles. The molecule has 0 aromatic carbocycles. The van der Waals surface area contributed by atoms with Crippen LogP contribution in [0.25, 0.3) is 0 Å². The van der Waals surface area contributed by atoms with Crippen LogP contribution in [-0.4, -0.2) is 37.2 Å². The molecule has 0 heterocycles. The Hall–Kier alpha value is -2.11. The number of carbonyl (C=O) groups excluding carboxylic acids is 3. The monoisotopic (exact) mass is 1100 g/mol. The Morgan fingerprint density at radius 3 is 0.756 bits per heavy atom. The first-order chi connectivity index (χ1) is 38.5. The van der Waals surface area contributed by atoms with Gasteiger partial charge in [-0.15, -0.1) is 0 Å². The molecule has 0 saturated carbocycles. The summed E-state index contributed by atoms with van der Waals surface area (Å²) in [6.45, 7) is 6.64. The van der Waals surface area contributed by atoms with Crippen molar-refractivity contribution in [3.05, 3.63) is 24.3 Å². The Morgan fingerprint density at radius 2 is 0.487 bits per heavy atom. The van der Waals surface area contributed by atoms with E-state index in [2.05, 4.69) is 45.1 Å². The second-order valence-electron chi connectivity index (χ2n) is 24.2. The van der Waals surface area contributed by atoms with Gasteiger partial charge in [-0.1, -0.05) is 360 Å². The number of hydrogen-bond acceptors (Lipinski definition) is 6. The molecule has 0 rings (SSSR count). The first kappa shape index (κ1) is 75.9. The third-order valence-electron chi connectivity index (χ3n) is 16.2. The molecule has 0 spiro atoms. The van der Waals surface area contributed by atoms with Crippen LogP contribution in [0.15, 0.2) is 24.3 Å². The van der Waals surface area contributed by atoms with E-state index in [4.69, 9.17) is 14.2 Å². The molecular weight excluding hydrogens is 961 g/mol. The molecule has 6 nitrogen and oxygen atoms in total. The van der Waals surface area contributed by atoms with Gasteiger partial charge >= 0.3 is 17.9 Å². The highest BCUT2D eigenvalue weighted by molar-refractivity contribution is 5.71. The number of rotatable bonds is 66. The van der Waals surface area contributed by atoms with Crippen LogP contribution in [0.3, 0.4) is 0 Å². The van der Waals surface area contributed by atoms with Crippen molar-refractivity contribution in [2.45, 2.75) is 406 Å². The molecular formula is C72H136O6. The minimum absolute atomic E-state index is 0.0695. The average molecular weight is 1100 g/mol. The first-order valence-electron chi connectivity index (χ1n) is 35.3. The Bertz CT molecular complexity index is 1260. The van der Waals surface area contributed by atoms with E-state index in [1.165, 1.54) is 276 Å². The van der Waals surface area contributed by atoms with Crippen molar-refractivity contribution in [1.29, 1.82) is 0 Å². The lowest BCUT2D eigenvalue weighted by Crippen LogP contribution is -2.30. The molecule has 1 atom stereocenters. The normalized spacial score (nSPS) is 12.1. The van der Waals surface area contributed by atoms with Crippen molar-refractivity contribution in [3.8, 4) is 0 Å². The average Bonchev–Trinajstić information content (AvgIpc) is 3.44. The van der Waals surface area contributed by atoms with Crippen LogP contribution < -0.4 is 0 Å². The molecule has 78 heavy (non-hydrogen) atoms. The summed E-state index contributed by atoms with van der Waals surface area (Å²) in [5.41, 5.74) is 0. The quantitative estimate of drug-likeness (QED) is 0.0261. The van der Waals surface area contributed by atoms with E-state index in [1.54, 1.807) is 0 Å². The van der Waals surface area contributed by atoms with Crippen LogP contribution in [0.2, 0.25) is 0 Å². The predicted octanol–water partition coefficient (Wildman–Crippen LogP) is 24.2. The van der Waals surface area contributed by atoms with E-state index in [0.717, 1.165) is 83.5 Å². The number of allylic oxidation sites excluding steroid dienone is 4. The maximum absolute atomic E-state index is 12.9. The summed E-state index contributed by atoms with van der Waals surface area (Å²) >= 11 is 0. The van der Waals surface area contributed by atoms with Gasteiger partial charge in [0.1, 0.15) is 13.2 Å². The highest BCUT2D eigenvalue weighted by atomic mass is 16.6. The lowest BCUT2D eigenvalue weighted by atomic mass is 10.0. The van der Waals surface area contributed by atoms with E-state index in [-0.39, 0.29) is 31.1 Å². The molecule has 0 amide bonds. The molecule has 0 bridgehead atoms. The van der Waals surface area contributed by atoms with Gasteiger partial charge in [-0.05, 0) is 44.9 Å². The van der Waals surface area contributed by atoms with Crippen molar-refractivity contribution in [3.63, 3.8) is 0 Å². The largest absolute Gasteiger partial charge is 0.462 e. The highest BCUT2D eigenvalue weighted by Gasteiger charge is 2.19. The van der Waals surface area contributed by atoms with Crippen molar-refractivity contribution in [2.24, 2.45) is 0 Å². The van der Waals surface area contributed by atoms with Crippen LogP contribution in [0.5, 0.6) is 0 Å². The molecule has 460 valence electrons. The molecule has 0 aromatic heterocycles. The summed E-state index contributed by atoms with van der Waals surface area (Å²) in [6, 6.07) is 0. The zero-order chi connectivity index (χ0) is 56.4. The van der Waals surface area contributed by atoms with Gasteiger partial charge in [-0.25, -0.2) is 0 Å². The summed E-state index contributed by atoms with van der Waals surface area (Å²) in [5.74, 6) is -0.854. The maximum atomic E-state index is 12.9. The maximum Gasteiger partial charge on any atom is 0.306 e. The molecule has 0 N–H and O–H groups in total. The minimum atomic E-state index is -0.773. The molecule has 0 aromatic rings. The highest BCUT2D eigenvalue weighted by Crippen LogP contribution is 2.19. The van der Waals surface area contributed by atoms with Gasteiger partial charge in [0, 0.05) is 19.3 Å². The Morgan fingerprint density at radius 1 is 0.256 bits per heavy atom. The van der Waals surface area contributed by atoms with Crippen molar-refractivity contribution in [2.75, 3.05) is 13.2 Å². The summed E-state index contributed by atoms with van der Waals surface area (Å²) in [6.07, 6.45) is 82.2. The first-order valence-corrected chi connectivity index (χ1v) is 35.3. The smallest absolute Gasteiger partial charge is 0.306 e. The van der Waals surface area contributed by atoms with Crippen LogP contribution in [0.4, 0.5) is 0 Å². The summed E-state index contributed by atoms with van der Waals surface area (Å²) in [5, 5.41) is 0. The second-order valence-corrected chi connectivity index (χ2v) is 24.2. The number of hydrogen-bond donors (Lipinski definition) is 0. The van der Waals surface area contributed by atoms with Crippen molar-refractivity contribution in [1.82, 2.24) is 0 Å². The SMILES string of the molecule is CCC/C=C\C/C=C\CCCCCCCC(=O)OCC(COC(=O)CCCCCCCCCCCCCCCCCCCCCCCCCCCCCCCC)OC(=O)CCCCCCCCCCCCCCCCCCC. The number of esters is 3. The zero-order valence-electron chi connectivity index (χ0n) is 53.0. The third-order valence-corrected chi connectivity index (χ3v) is 16.2. The van der Waals surface area contributed by atoms with E-state index >= 15 is 0 Å². The summed E-state index contributed by atoms with van der Waals surface area (Å²) in [7, 11) is 0. The fraction of sp³-hybridized carbons (Fsp3) is 0.903. The fourth-order valence-corrected chi connectivity index (χ4v) is 10.9. The molecule has 6 heteroatoms. The molecule has 1 unspecified atom stereocenters. The Balaban J connectivity index is 4.13. The fourth-order valence-electron chi connectivity index (χ4n) is 10.9.